The summed E-state index contributed by atoms with van der Waals surface area (Å²) < 4.78 is 8.16. The molecule has 2 N–H and O–H groups in total. The molecule has 0 bridgehead atoms. The molecule has 0 aromatic carbocycles. The van der Waals surface area contributed by atoms with Crippen molar-refractivity contribution < 1.29 is 14.3 Å². The lowest BCUT2D eigenvalue weighted by Crippen LogP contribution is -2.23. The molecular weight excluding hydrogens is 300 g/mol. The largest absolute Gasteiger partial charge is 0.479 e. The number of nitrogens with zero attached hydrogens (tertiary/aromatic N) is 4. The molecule has 0 radical (unpaired) electrons. The number of rotatable bonds is 3. The third-order valence-corrected chi connectivity index (χ3v) is 3.79. The van der Waals surface area contributed by atoms with E-state index in [1.165, 1.54) is 11.8 Å². The van der Waals surface area contributed by atoms with Crippen LogP contribution >= 0.6 is 0 Å². The molecular formula is C14H18N6O3. The zero-order chi connectivity index (χ0) is 16.7. The first-order valence-electron chi connectivity index (χ1n) is 7.16. The first-order chi connectivity index (χ1) is 10.9. The van der Waals surface area contributed by atoms with Gasteiger partial charge >= 0.3 is 0 Å². The Morgan fingerprint density at radius 2 is 2.17 bits per heavy atom. The fourth-order valence-corrected chi connectivity index (χ4v) is 2.76. The number of amides is 2. The van der Waals surface area contributed by atoms with Gasteiger partial charge in [-0.3, -0.25) is 19.0 Å². The van der Waals surface area contributed by atoms with Crippen molar-refractivity contribution in [2.24, 2.45) is 14.1 Å². The van der Waals surface area contributed by atoms with Crippen LogP contribution in [0.25, 0.3) is 0 Å². The summed E-state index contributed by atoms with van der Waals surface area (Å²) >= 11 is 0. The Morgan fingerprint density at radius 1 is 1.43 bits per heavy atom. The zero-order valence-electron chi connectivity index (χ0n) is 13.4. The maximum absolute atomic E-state index is 12.5. The molecule has 3 rings (SSSR count). The number of methoxy groups -OCH3 is 1. The Labute approximate surface area is 132 Å². The third-order valence-electron chi connectivity index (χ3n) is 3.79. The fourth-order valence-electron chi connectivity index (χ4n) is 2.76. The van der Waals surface area contributed by atoms with E-state index in [0.29, 0.717) is 23.6 Å². The summed E-state index contributed by atoms with van der Waals surface area (Å²) in [5, 5.41) is 13.9. The van der Waals surface area contributed by atoms with Crippen molar-refractivity contribution in [2.75, 3.05) is 17.7 Å². The van der Waals surface area contributed by atoms with Gasteiger partial charge in [-0.15, -0.1) is 5.10 Å². The molecule has 0 fully saturated rings. The maximum Gasteiger partial charge on any atom is 0.263 e. The van der Waals surface area contributed by atoms with E-state index in [9.17, 15) is 9.59 Å². The van der Waals surface area contributed by atoms with E-state index in [4.69, 9.17) is 4.74 Å². The van der Waals surface area contributed by atoms with Crippen molar-refractivity contribution in [1.82, 2.24) is 19.6 Å². The molecule has 0 saturated carbocycles. The second kappa shape index (κ2) is 5.41. The predicted molar refractivity (Wildman–Crippen MR) is 82.6 cm³/mol. The van der Waals surface area contributed by atoms with Crippen LogP contribution in [0.5, 0.6) is 5.88 Å². The molecule has 3 heterocycles. The number of carbonyl (C=O) groups is 2. The lowest BCUT2D eigenvalue weighted by Gasteiger charge is -2.20. The lowest BCUT2D eigenvalue weighted by atomic mass is 9.95. The van der Waals surface area contributed by atoms with Gasteiger partial charge in [0.25, 0.3) is 5.91 Å². The molecule has 23 heavy (non-hydrogen) atoms. The summed E-state index contributed by atoms with van der Waals surface area (Å²) in [5.74, 6) is 0.850. The van der Waals surface area contributed by atoms with Gasteiger partial charge < -0.3 is 15.4 Å². The van der Waals surface area contributed by atoms with Gasteiger partial charge in [-0.25, -0.2) is 0 Å². The van der Waals surface area contributed by atoms with Gasteiger partial charge in [-0.2, -0.15) is 5.10 Å². The Bertz CT molecular complexity index is 791. The number of anilines is 2. The highest BCUT2D eigenvalue weighted by Gasteiger charge is 2.30. The van der Waals surface area contributed by atoms with Crippen LogP contribution in [0.2, 0.25) is 0 Å². The highest BCUT2D eigenvalue weighted by atomic mass is 16.5. The van der Waals surface area contributed by atoms with E-state index in [1.54, 1.807) is 25.0 Å². The van der Waals surface area contributed by atoms with Gasteiger partial charge in [0.05, 0.1) is 7.11 Å². The number of nitrogens with one attached hydrogen (secondary N) is 2. The summed E-state index contributed by atoms with van der Waals surface area (Å²) in [6.07, 6.45) is 1.94. The van der Waals surface area contributed by atoms with Crippen LogP contribution in [0.1, 0.15) is 35.2 Å². The molecule has 1 aliphatic heterocycles. The molecule has 2 amide bonds. The molecule has 0 spiro atoms. The van der Waals surface area contributed by atoms with Crippen LogP contribution in [0.4, 0.5) is 11.6 Å². The van der Waals surface area contributed by atoms with Crippen molar-refractivity contribution in [3.63, 3.8) is 0 Å². The van der Waals surface area contributed by atoms with Crippen LogP contribution in [0.15, 0.2) is 6.20 Å². The van der Waals surface area contributed by atoms with Gasteiger partial charge in [0.1, 0.15) is 11.4 Å². The normalized spacial score (nSPS) is 16.7. The highest BCUT2D eigenvalue weighted by Crippen LogP contribution is 2.37. The predicted octanol–water partition coefficient (Wildman–Crippen LogP) is 0.860. The van der Waals surface area contributed by atoms with Crippen LogP contribution in [-0.4, -0.2) is 38.5 Å². The molecule has 0 unspecified atom stereocenters. The fraction of sp³-hybridized carbons (Fsp3) is 0.429. The van der Waals surface area contributed by atoms with E-state index >= 15 is 0 Å². The third kappa shape index (κ3) is 2.54. The van der Waals surface area contributed by atoms with Gasteiger partial charge in [0.15, 0.2) is 5.82 Å². The highest BCUT2D eigenvalue weighted by molar-refractivity contribution is 6.06. The smallest absolute Gasteiger partial charge is 0.263 e. The van der Waals surface area contributed by atoms with Crippen molar-refractivity contribution in [3.05, 3.63) is 17.3 Å². The molecule has 122 valence electrons. The van der Waals surface area contributed by atoms with Crippen LogP contribution < -0.4 is 15.4 Å². The average molecular weight is 318 g/mol. The zero-order valence-corrected chi connectivity index (χ0v) is 13.4. The molecule has 0 saturated heterocycles. The summed E-state index contributed by atoms with van der Waals surface area (Å²) in [6, 6.07) is 0. The van der Waals surface area contributed by atoms with Crippen LogP contribution in [-0.2, 0) is 18.9 Å². The van der Waals surface area contributed by atoms with Gasteiger partial charge in [0, 0.05) is 32.3 Å². The minimum Gasteiger partial charge on any atom is -0.479 e. The molecule has 9 nitrogen and oxygen atoms in total. The quantitative estimate of drug-likeness (QED) is 0.873. The van der Waals surface area contributed by atoms with Crippen molar-refractivity contribution >= 4 is 23.5 Å². The van der Waals surface area contributed by atoms with E-state index < -0.39 is 0 Å². The van der Waals surface area contributed by atoms with Gasteiger partial charge in [0.2, 0.25) is 11.8 Å². The lowest BCUT2D eigenvalue weighted by molar-refractivity contribution is -0.116. The van der Waals surface area contributed by atoms with E-state index in [1.807, 2.05) is 6.92 Å². The van der Waals surface area contributed by atoms with Crippen LogP contribution in [0.3, 0.4) is 0 Å². The molecule has 2 aromatic rings. The average Bonchev–Trinajstić information content (AvgIpc) is 3.00. The number of aromatic nitrogens is 4. The first kappa shape index (κ1) is 15.1. The van der Waals surface area contributed by atoms with Crippen molar-refractivity contribution in [2.45, 2.75) is 19.3 Å². The number of carbonyl (C=O) groups excluding carboxylic acids is 2. The first-order valence-corrected chi connectivity index (χ1v) is 7.16. The van der Waals surface area contributed by atoms with Crippen molar-refractivity contribution in [1.29, 1.82) is 0 Å². The number of aryl methyl sites for hydroxylation is 2. The summed E-state index contributed by atoms with van der Waals surface area (Å²) in [5.41, 5.74) is 1.14. The van der Waals surface area contributed by atoms with Crippen molar-refractivity contribution in [3.8, 4) is 5.88 Å². The summed E-state index contributed by atoms with van der Waals surface area (Å²) in [7, 11) is 4.89. The van der Waals surface area contributed by atoms with E-state index in [-0.39, 0.29) is 23.6 Å². The molecule has 1 aliphatic rings. The topological polar surface area (TPSA) is 103 Å². The molecule has 9 heteroatoms. The summed E-state index contributed by atoms with van der Waals surface area (Å²) in [6.45, 7) is 1.93. The number of fused-ring (bicyclic) bond motifs is 1. The number of ether oxygens (including phenoxy) is 1. The van der Waals surface area contributed by atoms with Gasteiger partial charge in [-0.05, 0) is 5.92 Å². The second-order valence-electron chi connectivity index (χ2n) is 5.57. The van der Waals surface area contributed by atoms with E-state index in [0.717, 1.165) is 5.56 Å². The SMILES string of the molecule is COc1nn(C)cc1C(=O)Nc1nn(C)c2c1[C@H](C)CC(=O)N2. The Balaban J connectivity index is 1.93. The second-order valence-corrected chi connectivity index (χ2v) is 5.57. The standard InChI is InChI=1S/C14H18N6O3/c1-7-5-9(21)15-12-10(7)11(17-20(12)3)16-13(22)8-6-19(2)18-14(8)23-4/h6-7H,5H2,1-4H3,(H,15,21)(H,16,17,22)/t7-/m1/s1. The monoisotopic (exact) mass is 318 g/mol. The van der Waals surface area contributed by atoms with Crippen LogP contribution in [0, 0.1) is 0 Å². The number of hydrogen-bond acceptors (Lipinski definition) is 5. The summed E-state index contributed by atoms with van der Waals surface area (Å²) in [4.78, 5) is 24.2. The van der Waals surface area contributed by atoms with E-state index in [2.05, 4.69) is 20.8 Å². The maximum atomic E-state index is 12.5. The Kier molecular flexibility index (Phi) is 3.55. The number of hydrogen-bond donors (Lipinski definition) is 2. The molecule has 0 aliphatic carbocycles. The minimum atomic E-state index is -0.361. The van der Waals surface area contributed by atoms with Gasteiger partial charge in [-0.1, -0.05) is 6.92 Å². The minimum absolute atomic E-state index is 0.0291. The molecule has 1 atom stereocenters. The Morgan fingerprint density at radius 3 is 2.87 bits per heavy atom. The Hall–Kier alpha value is -2.84. The molecule has 2 aromatic heterocycles.